The Kier molecular flexibility index (Phi) is 5.60. The Morgan fingerprint density at radius 1 is 1.26 bits per heavy atom. The molecule has 0 aromatic carbocycles. The van der Waals surface area contributed by atoms with Crippen LogP contribution in [-0.2, 0) is 24.3 Å². The Balaban J connectivity index is 1.47. The lowest BCUT2D eigenvalue weighted by atomic mass is 10.1. The Morgan fingerprint density at radius 2 is 2.00 bits per heavy atom. The lowest BCUT2D eigenvalue weighted by Crippen LogP contribution is -2.40. The fraction of sp³-hybridized carbons (Fsp3) is 0.455. The number of aryl methyl sites for hydroxylation is 1. The first-order chi connectivity index (χ1) is 14.8. The van der Waals surface area contributed by atoms with Crippen LogP contribution in [0.4, 0.5) is 14.6 Å². The SMILES string of the molecule is CNC(=O)Cc1nccc2c1CN(Cc1cnc(N3CCC(F)(F)CC3)c(C)c1)C2=O. The van der Waals surface area contributed by atoms with Crippen molar-refractivity contribution >= 4 is 17.6 Å². The summed E-state index contributed by atoms with van der Waals surface area (Å²) < 4.78 is 26.9. The molecule has 0 saturated carbocycles. The highest BCUT2D eigenvalue weighted by atomic mass is 19.3. The van der Waals surface area contributed by atoms with Crippen LogP contribution in [0.25, 0.3) is 0 Å². The van der Waals surface area contributed by atoms with Crippen LogP contribution in [0.1, 0.15) is 45.6 Å². The number of hydrogen-bond acceptors (Lipinski definition) is 5. The lowest BCUT2D eigenvalue weighted by molar-refractivity contribution is -0.120. The molecule has 0 atom stereocenters. The summed E-state index contributed by atoms with van der Waals surface area (Å²) in [7, 11) is 1.57. The first-order valence-corrected chi connectivity index (χ1v) is 10.3. The molecule has 0 radical (unpaired) electrons. The van der Waals surface area contributed by atoms with Crippen LogP contribution >= 0.6 is 0 Å². The van der Waals surface area contributed by atoms with E-state index in [1.54, 1.807) is 30.4 Å². The second kappa shape index (κ2) is 8.20. The molecule has 9 heteroatoms. The summed E-state index contributed by atoms with van der Waals surface area (Å²) in [6, 6.07) is 3.64. The summed E-state index contributed by atoms with van der Waals surface area (Å²) in [5, 5.41) is 2.58. The Labute approximate surface area is 179 Å². The van der Waals surface area contributed by atoms with E-state index in [0.29, 0.717) is 30.2 Å². The molecule has 0 bridgehead atoms. The summed E-state index contributed by atoms with van der Waals surface area (Å²) in [6.07, 6.45) is 3.06. The zero-order chi connectivity index (χ0) is 22.2. The summed E-state index contributed by atoms with van der Waals surface area (Å²) >= 11 is 0. The maximum Gasteiger partial charge on any atom is 0.254 e. The number of hydrogen-bond donors (Lipinski definition) is 1. The topological polar surface area (TPSA) is 78.4 Å². The van der Waals surface area contributed by atoms with Gasteiger partial charge < -0.3 is 15.1 Å². The summed E-state index contributed by atoms with van der Waals surface area (Å²) in [4.78, 5) is 37.0. The normalized spacial score (nSPS) is 17.6. The number of amides is 2. The Bertz CT molecular complexity index is 1020. The molecule has 164 valence electrons. The predicted molar refractivity (Wildman–Crippen MR) is 111 cm³/mol. The molecule has 2 aromatic rings. The van der Waals surface area contributed by atoms with Gasteiger partial charge in [-0.3, -0.25) is 14.6 Å². The van der Waals surface area contributed by atoms with Crippen molar-refractivity contribution in [2.24, 2.45) is 0 Å². The van der Waals surface area contributed by atoms with Gasteiger partial charge in [0, 0.05) is 69.6 Å². The van der Waals surface area contributed by atoms with Gasteiger partial charge >= 0.3 is 0 Å². The molecule has 2 aliphatic heterocycles. The van der Waals surface area contributed by atoms with E-state index >= 15 is 0 Å². The molecular formula is C22H25F2N5O2. The van der Waals surface area contributed by atoms with Crippen LogP contribution < -0.4 is 10.2 Å². The number of nitrogens with zero attached hydrogens (tertiary/aromatic N) is 4. The minimum absolute atomic E-state index is 0.101. The van der Waals surface area contributed by atoms with Crippen molar-refractivity contribution in [3.63, 3.8) is 0 Å². The monoisotopic (exact) mass is 429 g/mol. The van der Waals surface area contributed by atoms with Gasteiger partial charge in [-0.05, 0) is 30.2 Å². The van der Waals surface area contributed by atoms with E-state index in [0.717, 1.165) is 16.7 Å². The molecule has 4 rings (SSSR count). The fourth-order valence-corrected chi connectivity index (χ4v) is 4.18. The predicted octanol–water partition coefficient (Wildman–Crippen LogP) is 2.47. The Hall–Kier alpha value is -3.10. The highest BCUT2D eigenvalue weighted by Gasteiger charge is 2.35. The molecule has 31 heavy (non-hydrogen) atoms. The number of carbonyl (C=O) groups excluding carboxylic acids is 2. The minimum Gasteiger partial charge on any atom is -0.359 e. The number of halogens is 2. The van der Waals surface area contributed by atoms with Gasteiger partial charge in [0.05, 0.1) is 12.1 Å². The highest BCUT2D eigenvalue weighted by Crippen LogP contribution is 2.32. The number of piperidine rings is 1. The van der Waals surface area contributed by atoms with Gasteiger partial charge in [-0.25, -0.2) is 13.8 Å². The smallest absolute Gasteiger partial charge is 0.254 e. The quantitative estimate of drug-likeness (QED) is 0.790. The third kappa shape index (κ3) is 4.35. The second-order valence-corrected chi connectivity index (χ2v) is 8.12. The van der Waals surface area contributed by atoms with E-state index < -0.39 is 5.92 Å². The zero-order valence-corrected chi connectivity index (χ0v) is 17.6. The largest absolute Gasteiger partial charge is 0.359 e. The molecular weight excluding hydrogens is 404 g/mol. The van der Waals surface area contributed by atoms with Gasteiger partial charge in [0.25, 0.3) is 11.8 Å². The maximum absolute atomic E-state index is 13.4. The average Bonchev–Trinajstić information content (AvgIpc) is 3.05. The second-order valence-electron chi connectivity index (χ2n) is 8.12. The van der Waals surface area contributed by atoms with Crippen molar-refractivity contribution in [2.75, 3.05) is 25.0 Å². The van der Waals surface area contributed by atoms with Gasteiger partial charge in [-0.1, -0.05) is 0 Å². The van der Waals surface area contributed by atoms with Crippen LogP contribution in [0.15, 0.2) is 24.5 Å². The van der Waals surface area contributed by atoms with Crippen LogP contribution in [0.3, 0.4) is 0 Å². The number of nitrogens with one attached hydrogen (secondary N) is 1. The first kappa shape index (κ1) is 21.1. The fourth-order valence-electron chi connectivity index (χ4n) is 4.18. The van der Waals surface area contributed by atoms with E-state index in [-0.39, 0.29) is 44.2 Å². The Morgan fingerprint density at radius 3 is 2.68 bits per heavy atom. The number of rotatable bonds is 5. The van der Waals surface area contributed by atoms with Crippen molar-refractivity contribution in [3.8, 4) is 0 Å². The number of anilines is 1. The molecule has 0 aliphatic carbocycles. The van der Waals surface area contributed by atoms with E-state index in [1.165, 1.54) is 0 Å². The van der Waals surface area contributed by atoms with Crippen LogP contribution in [0, 0.1) is 6.92 Å². The van der Waals surface area contributed by atoms with Crippen molar-refractivity contribution in [1.82, 2.24) is 20.2 Å². The molecule has 2 aliphatic rings. The molecule has 1 fully saturated rings. The standard InChI is InChI=1S/C22H25F2N5O2/c1-14-9-15(11-27-20(14)28-7-4-22(23,24)5-8-28)12-29-13-17-16(21(29)31)3-6-26-18(17)10-19(30)25-2/h3,6,9,11H,4-5,7-8,10,12-13H2,1-2H3,(H,25,30). The molecule has 0 unspecified atom stereocenters. The van der Waals surface area contributed by atoms with Crippen molar-refractivity contribution in [3.05, 3.63) is 52.5 Å². The molecule has 2 amide bonds. The third-order valence-electron chi connectivity index (χ3n) is 5.89. The summed E-state index contributed by atoms with van der Waals surface area (Å²) in [5.74, 6) is -2.14. The number of carbonyl (C=O) groups is 2. The number of alkyl halides is 2. The van der Waals surface area contributed by atoms with E-state index in [1.807, 2.05) is 17.9 Å². The summed E-state index contributed by atoms with van der Waals surface area (Å²) in [6.45, 7) is 3.22. The van der Waals surface area contributed by atoms with Gasteiger partial charge in [-0.2, -0.15) is 0 Å². The van der Waals surface area contributed by atoms with E-state index in [2.05, 4.69) is 15.3 Å². The zero-order valence-electron chi connectivity index (χ0n) is 17.6. The molecule has 1 N–H and O–H groups in total. The number of pyridine rings is 2. The first-order valence-electron chi connectivity index (χ1n) is 10.3. The van der Waals surface area contributed by atoms with Crippen LogP contribution in [-0.4, -0.2) is 52.7 Å². The molecule has 7 nitrogen and oxygen atoms in total. The molecule has 2 aromatic heterocycles. The minimum atomic E-state index is -2.60. The van der Waals surface area contributed by atoms with Gasteiger partial charge in [-0.15, -0.1) is 0 Å². The van der Waals surface area contributed by atoms with Gasteiger partial charge in [0.15, 0.2) is 0 Å². The highest BCUT2D eigenvalue weighted by molar-refractivity contribution is 5.98. The third-order valence-corrected chi connectivity index (χ3v) is 5.89. The van der Waals surface area contributed by atoms with Crippen molar-refractivity contribution in [1.29, 1.82) is 0 Å². The lowest BCUT2D eigenvalue weighted by Gasteiger charge is -2.33. The van der Waals surface area contributed by atoms with Crippen LogP contribution in [0.5, 0.6) is 0 Å². The van der Waals surface area contributed by atoms with Crippen LogP contribution in [0.2, 0.25) is 0 Å². The van der Waals surface area contributed by atoms with Crippen molar-refractivity contribution < 1.29 is 18.4 Å². The molecule has 4 heterocycles. The van der Waals surface area contributed by atoms with Crippen molar-refractivity contribution in [2.45, 2.75) is 45.2 Å². The molecule has 1 saturated heterocycles. The number of likely N-dealkylation sites (N-methyl/N-ethyl adjacent to an activating group) is 1. The van der Waals surface area contributed by atoms with E-state index in [9.17, 15) is 18.4 Å². The van der Waals surface area contributed by atoms with E-state index in [4.69, 9.17) is 0 Å². The summed E-state index contributed by atoms with van der Waals surface area (Å²) in [5.41, 5.74) is 3.73. The molecule has 0 spiro atoms. The number of fused-ring (bicyclic) bond motifs is 1. The maximum atomic E-state index is 13.4. The number of aromatic nitrogens is 2. The average molecular weight is 429 g/mol. The van der Waals surface area contributed by atoms with Gasteiger partial charge in [0.1, 0.15) is 5.82 Å². The van der Waals surface area contributed by atoms with Gasteiger partial charge in [0.2, 0.25) is 5.91 Å².